The molecule has 0 heterocycles. The van der Waals surface area contributed by atoms with Crippen molar-refractivity contribution < 1.29 is 9.84 Å². The quantitative estimate of drug-likeness (QED) is 0.864. The van der Waals surface area contributed by atoms with Gasteiger partial charge in [-0.25, -0.2) is 0 Å². The van der Waals surface area contributed by atoms with Crippen LogP contribution in [0.25, 0.3) is 0 Å². The van der Waals surface area contributed by atoms with Crippen molar-refractivity contribution in [2.45, 2.75) is 19.5 Å². The second-order valence-electron chi connectivity index (χ2n) is 4.48. The molecule has 100 valence electrons. The lowest BCUT2D eigenvalue weighted by Crippen LogP contribution is -2.18. The summed E-state index contributed by atoms with van der Waals surface area (Å²) in [5, 5.41) is 13.4. The maximum atomic E-state index is 10.0. The third kappa shape index (κ3) is 3.26. The summed E-state index contributed by atoms with van der Waals surface area (Å²) in [6.07, 6.45) is 0. The molecule has 1 atom stereocenters. The van der Waals surface area contributed by atoms with Crippen molar-refractivity contribution in [3.8, 4) is 11.5 Å². The maximum absolute atomic E-state index is 10.0. The predicted octanol–water partition coefficient (Wildman–Crippen LogP) is 3.25. The third-order valence-electron chi connectivity index (χ3n) is 3.20. The van der Waals surface area contributed by atoms with Crippen LogP contribution in [0.2, 0.25) is 0 Å². The van der Waals surface area contributed by atoms with E-state index in [-0.39, 0.29) is 11.8 Å². The largest absolute Gasteiger partial charge is 0.504 e. The van der Waals surface area contributed by atoms with Crippen LogP contribution < -0.4 is 10.1 Å². The molecule has 0 amide bonds. The van der Waals surface area contributed by atoms with Crippen LogP contribution in [0.5, 0.6) is 11.5 Å². The van der Waals surface area contributed by atoms with Crippen LogP contribution in [0.15, 0.2) is 48.5 Å². The number of rotatable bonds is 5. The van der Waals surface area contributed by atoms with E-state index in [0.717, 1.165) is 5.56 Å². The molecule has 0 aliphatic carbocycles. The van der Waals surface area contributed by atoms with Crippen molar-refractivity contribution in [2.24, 2.45) is 0 Å². The van der Waals surface area contributed by atoms with Crippen molar-refractivity contribution in [2.75, 3.05) is 7.11 Å². The highest BCUT2D eigenvalue weighted by molar-refractivity contribution is 5.45. The van der Waals surface area contributed by atoms with Crippen molar-refractivity contribution in [3.05, 3.63) is 59.7 Å². The van der Waals surface area contributed by atoms with Gasteiger partial charge in [0.05, 0.1) is 7.11 Å². The number of hydrogen-bond donors (Lipinski definition) is 2. The van der Waals surface area contributed by atoms with Crippen molar-refractivity contribution in [1.82, 2.24) is 5.32 Å². The van der Waals surface area contributed by atoms with Gasteiger partial charge in [-0.3, -0.25) is 0 Å². The van der Waals surface area contributed by atoms with Gasteiger partial charge in [-0.1, -0.05) is 42.5 Å². The summed E-state index contributed by atoms with van der Waals surface area (Å²) in [7, 11) is 1.55. The molecule has 0 aliphatic rings. The molecule has 2 aromatic carbocycles. The van der Waals surface area contributed by atoms with E-state index in [1.54, 1.807) is 13.2 Å². The topological polar surface area (TPSA) is 41.5 Å². The van der Waals surface area contributed by atoms with Crippen LogP contribution in [0.1, 0.15) is 24.1 Å². The average Bonchev–Trinajstić information content (AvgIpc) is 2.47. The Labute approximate surface area is 113 Å². The number of hydrogen-bond acceptors (Lipinski definition) is 3. The summed E-state index contributed by atoms with van der Waals surface area (Å²) < 4.78 is 5.10. The Hall–Kier alpha value is -2.00. The Bertz CT molecular complexity index is 526. The molecule has 2 N–H and O–H groups in total. The predicted molar refractivity (Wildman–Crippen MR) is 76.4 cm³/mol. The molecule has 0 spiro atoms. The first-order valence-electron chi connectivity index (χ1n) is 6.35. The number of phenolic OH excluding ortho intramolecular Hbond substituents is 1. The number of nitrogens with one attached hydrogen (secondary N) is 1. The Kier molecular flexibility index (Phi) is 4.42. The van der Waals surface area contributed by atoms with Gasteiger partial charge in [0.2, 0.25) is 0 Å². The van der Waals surface area contributed by atoms with Gasteiger partial charge in [0, 0.05) is 18.2 Å². The zero-order chi connectivity index (χ0) is 13.7. The van der Waals surface area contributed by atoms with Gasteiger partial charge < -0.3 is 15.2 Å². The van der Waals surface area contributed by atoms with E-state index in [9.17, 15) is 5.11 Å². The molecular weight excluding hydrogens is 238 g/mol. The zero-order valence-corrected chi connectivity index (χ0v) is 11.3. The molecule has 2 aromatic rings. The molecule has 19 heavy (non-hydrogen) atoms. The molecular formula is C16H19NO2. The van der Waals surface area contributed by atoms with E-state index in [4.69, 9.17) is 4.74 Å². The van der Waals surface area contributed by atoms with E-state index in [1.807, 2.05) is 30.3 Å². The molecule has 0 aliphatic heterocycles. The minimum atomic E-state index is 0.206. The third-order valence-corrected chi connectivity index (χ3v) is 3.20. The van der Waals surface area contributed by atoms with Crippen LogP contribution in [0, 0.1) is 0 Å². The first-order chi connectivity index (χ1) is 9.22. The molecule has 2 rings (SSSR count). The van der Waals surface area contributed by atoms with E-state index in [1.165, 1.54) is 5.56 Å². The fourth-order valence-corrected chi connectivity index (χ4v) is 2.00. The van der Waals surface area contributed by atoms with Crippen LogP contribution in [-0.4, -0.2) is 12.2 Å². The van der Waals surface area contributed by atoms with E-state index in [2.05, 4.69) is 24.4 Å². The molecule has 0 bridgehead atoms. The summed E-state index contributed by atoms with van der Waals surface area (Å²) in [4.78, 5) is 0. The standard InChI is InChI=1S/C16H19NO2/c1-12(13-7-4-3-5-8-13)17-11-14-9-6-10-15(19-2)16(14)18/h3-10,12,17-18H,11H2,1-2H3/t12-/m1/s1. The van der Waals surface area contributed by atoms with Gasteiger partial charge >= 0.3 is 0 Å². The van der Waals surface area contributed by atoms with Gasteiger partial charge in [0.1, 0.15) is 0 Å². The van der Waals surface area contributed by atoms with Crippen molar-refractivity contribution in [3.63, 3.8) is 0 Å². The van der Waals surface area contributed by atoms with Gasteiger partial charge in [-0.05, 0) is 18.6 Å². The second-order valence-corrected chi connectivity index (χ2v) is 4.48. The summed E-state index contributed by atoms with van der Waals surface area (Å²) in [6, 6.07) is 16.0. The first-order valence-corrected chi connectivity index (χ1v) is 6.35. The second kappa shape index (κ2) is 6.25. The minimum absolute atomic E-state index is 0.206. The Morgan fingerprint density at radius 1 is 1.11 bits per heavy atom. The number of methoxy groups -OCH3 is 1. The monoisotopic (exact) mass is 257 g/mol. The number of benzene rings is 2. The fraction of sp³-hybridized carbons (Fsp3) is 0.250. The highest BCUT2D eigenvalue weighted by Gasteiger charge is 2.09. The normalized spacial score (nSPS) is 12.1. The molecule has 3 heteroatoms. The highest BCUT2D eigenvalue weighted by atomic mass is 16.5. The average molecular weight is 257 g/mol. The van der Waals surface area contributed by atoms with Crippen molar-refractivity contribution >= 4 is 0 Å². The van der Waals surface area contributed by atoms with Gasteiger partial charge in [0.15, 0.2) is 11.5 Å². The number of phenols is 1. The van der Waals surface area contributed by atoms with Crippen LogP contribution >= 0.6 is 0 Å². The van der Waals surface area contributed by atoms with Gasteiger partial charge in [-0.2, -0.15) is 0 Å². The first kappa shape index (κ1) is 13.4. The Morgan fingerprint density at radius 3 is 2.53 bits per heavy atom. The molecule has 0 aromatic heterocycles. The molecule has 0 saturated heterocycles. The maximum Gasteiger partial charge on any atom is 0.162 e. The highest BCUT2D eigenvalue weighted by Crippen LogP contribution is 2.29. The van der Waals surface area contributed by atoms with Crippen LogP contribution in [0.3, 0.4) is 0 Å². The number of ether oxygens (including phenoxy) is 1. The molecule has 3 nitrogen and oxygen atoms in total. The lowest BCUT2D eigenvalue weighted by molar-refractivity contribution is 0.369. The molecule has 0 radical (unpaired) electrons. The molecule has 0 unspecified atom stereocenters. The minimum Gasteiger partial charge on any atom is -0.504 e. The lowest BCUT2D eigenvalue weighted by atomic mass is 10.1. The number of para-hydroxylation sites is 1. The molecule has 0 fully saturated rings. The number of aromatic hydroxyl groups is 1. The lowest BCUT2D eigenvalue weighted by Gasteiger charge is -2.15. The van der Waals surface area contributed by atoms with E-state index >= 15 is 0 Å². The SMILES string of the molecule is COc1cccc(CN[C@H](C)c2ccccc2)c1O. The zero-order valence-electron chi connectivity index (χ0n) is 11.3. The summed E-state index contributed by atoms with van der Waals surface area (Å²) in [6.45, 7) is 2.70. The Morgan fingerprint density at radius 2 is 1.84 bits per heavy atom. The molecule has 0 saturated carbocycles. The van der Waals surface area contributed by atoms with E-state index in [0.29, 0.717) is 12.3 Å². The van der Waals surface area contributed by atoms with E-state index < -0.39 is 0 Å². The van der Waals surface area contributed by atoms with Crippen molar-refractivity contribution in [1.29, 1.82) is 0 Å². The van der Waals surface area contributed by atoms with Gasteiger partial charge in [-0.15, -0.1) is 0 Å². The summed E-state index contributed by atoms with van der Waals surface area (Å²) in [5.74, 6) is 0.712. The fourth-order valence-electron chi connectivity index (χ4n) is 2.00. The Balaban J connectivity index is 2.03. The van der Waals surface area contributed by atoms with Crippen LogP contribution in [0.4, 0.5) is 0 Å². The van der Waals surface area contributed by atoms with Crippen LogP contribution in [-0.2, 0) is 6.54 Å². The smallest absolute Gasteiger partial charge is 0.162 e. The summed E-state index contributed by atoms with van der Waals surface area (Å²) in [5.41, 5.74) is 2.06. The summed E-state index contributed by atoms with van der Waals surface area (Å²) >= 11 is 0. The van der Waals surface area contributed by atoms with Gasteiger partial charge in [0.25, 0.3) is 0 Å².